The van der Waals surface area contributed by atoms with Gasteiger partial charge < -0.3 is 5.32 Å². The molecule has 0 spiro atoms. The summed E-state index contributed by atoms with van der Waals surface area (Å²) in [7, 11) is 0. The van der Waals surface area contributed by atoms with Crippen LogP contribution in [0.3, 0.4) is 0 Å². The van der Waals surface area contributed by atoms with E-state index in [0.717, 1.165) is 19.0 Å². The number of unbranched alkanes of at least 4 members (excludes halogenated alkanes) is 3. The van der Waals surface area contributed by atoms with Gasteiger partial charge in [0, 0.05) is 18.6 Å². The zero-order chi connectivity index (χ0) is 14.9. The molecule has 2 heteroatoms. The van der Waals surface area contributed by atoms with E-state index in [4.69, 9.17) is 0 Å². The molecule has 0 aliphatic carbocycles. The molecule has 118 valence electrons. The molecule has 1 saturated heterocycles. The Balaban J connectivity index is 1.85. The molecule has 21 heavy (non-hydrogen) atoms. The van der Waals surface area contributed by atoms with Crippen molar-refractivity contribution < 1.29 is 0 Å². The minimum Gasteiger partial charge on any atom is -0.312 e. The van der Waals surface area contributed by atoms with E-state index in [1.165, 1.54) is 50.8 Å². The van der Waals surface area contributed by atoms with Crippen LogP contribution in [0, 0.1) is 0 Å². The van der Waals surface area contributed by atoms with E-state index in [-0.39, 0.29) is 0 Å². The van der Waals surface area contributed by atoms with Crippen LogP contribution in [-0.4, -0.2) is 36.6 Å². The lowest BCUT2D eigenvalue weighted by Gasteiger charge is -2.29. The third-order valence-electron chi connectivity index (χ3n) is 4.70. The second-order valence-corrected chi connectivity index (χ2v) is 6.53. The van der Waals surface area contributed by atoms with Gasteiger partial charge in [0.2, 0.25) is 0 Å². The van der Waals surface area contributed by atoms with Gasteiger partial charge in [0.1, 0.15) is 0 Å². The number of rotatable bonds is 7. The fraction of sp³-hybridized carbons (Fsp3) is 0.684. The average Bonchev–Trinajstić information content (AvgIpc) is 2.67. The number of benzene rings is 1. The van der Waals surface area contributed by atoms with Crippen LogP contribution >= 0.6 is 0 Å². The zero-order valence-electron chi connectivity index (χ0n) is 13.9. The van der Waals surface area contributed by atoms with Crippen molar-refractivity contribution in [2.45, 2.75) is 64.5 Å². The Morgan fingerprint density at radius 3 is 2.71 bits per heavy atom. The monoisotopic (exact) mass is 288 g/mol. The van der Waals surface area contributed by atoms with Crippen molar-refractivity contribution in [3.63, 3.8) is 0 Å². The van der Waals surface area contributed by atoms with Crippen molar-refractivity contribution in [1.82, 2.24) is 10.2 Å². The Bertz CT molecular complexity index is 376. The van der Waals surface area contributed by atoms with Gasteiger partial charge in [-0.15, -0.1) is 0 Å². The molecule has 2 rings (SSSR count). The molecule has 0 aromatic heterocycles. The lowest BCUT2D eigenvalue weighted by Crippen LogP contribution is -2.41. The van der Waals surface area contributed by atoms with Crippen molar-refractivity contribution >= 4 is 0 Å². The zero-order valence-corrected chi connectivity index (χ0v) is 13.9. The molecule has 1 aliphatic heterocycles. The molecule has 0 radical (unpaired) electrons. The maximum absolute atomic E-state index is 3.75. The third-order valence-corrected chi connectivity index (χ3v) is 4.70. The predicted octanol–water partition coefficient (Wildman–Crippen LogP) is 3.86. The Morgan fingerprint density at radius 1 is 1.14 bits per heavy atom. The van der Waals surface area contributed by atoms with Crippen molar-refractivity contribution in [3.05, 3.63) is 35.9 Å². The maximum Gasteiger partial charge on any atom is 0.0235 e. The summed E-state index contributed by atoms with van der Waals surface area (Å²) in [6.07, 6.45) is 7.88. The van der Waals surface area contributed by atoms with Crippen molar-refractivity contribution in [2.24, 2.45) is 0 Å². The molecule has 2 nitrogen and oxygen atoms in total. The van der Waals surface area contributed by atoms with Gasteiger partial charge in [-0.3, -0.25) is 4.90 Å². The fourth-order valence-corrected chi connectivity index (χ4v) is 3.30. The third kappa shape index (κ3) is 5.80. The summed E-state index contributed by atoms with van der Waals surface area (Å²) in [5.74, 6) is 0. The van der Waals surface area contributed by atoms with Crippen LogP contribution in [-0.2, 0) is 6.42 Å². The molecule has 1 aliphatic rings. The van der Waals surface area contributed by atoms with Crippen molar-refractivity contribution in [2.75, 3.05) is 19.6 Å². The van der Waals surface area contributed by atoms with Crippen LogP contribution in [0.5, 0.6) is 0 Å². The smallest absolute Gasteiger partial charge is 0.0235 e. The van der Waals surface area contributed by atoms with Gasteiger partial charge in [-0.25, -0.2) is 0 Å². The highest BCUT2D eigenvalue weighted by atomic mass is 15.2. The Labute approximate surface area is 130 Å². The SMILES string of the molecule is CCCCCCN1CC(Cc2ccccc2)NCCC1C. The van der Waals surface area contributed by atoms with Gasteiger partial charge in [0.15, 0.2) is 0 Å². The molecule has 2 unspecified atom stereocenters. The quantitative estimate of drug-likeness (QED) is 0.766. The lowest BCUT2D eigenvalue weighted by atomic mass is 10.1. The molecule has 0 amide bonds. The first-order valence-electron chi connectivity index (χ1n) is 8.81. The highest BCUT2D eigenvalue weighted by Crippen LogP contribution is 2.14. The number of hydrogen-bond acceptors (Lipinski definition) is 2. The number of nitrogens with zero attached hydrogens (tertiary/aromatic N) is 1. The second kappa shape index (κ2) is 9.22. The molecule has 1 N–H and O–H groups in total. The minimum atomic E-state index is 0.600. The summed E-state index contributed by atoms with van der Waals surface area (Å²) in [5.41, 5.74) is 1.45. The average molecular weight is 288 g/mol. The summed E-state index contributed by atoms with van der Waals surface area (Å²) in [6.45, 7) is 8.31. The van der Waals surface area contributed by atoms with E-state index in [1.807, 2.05) is 0 Å². The normalized spacial score (nSPS) is 23.9. The van der Waals surface area contributed by atoms with Crippen LogP contribution in [0.2, 0.25) is 0 Å². The summed E-state index contributed by atoms with van der Waals surface area (Å²) in [4.78, 5) is 2.71. The molecule has 2 atom stereocenters. The number of nitrogens with one attached hydrogen (secondary N) is 1. The van der Waals surface area contributed by atoms with Gasteiger partial charge in [-0.05, 0) is 44.8 Å². The summed E-state index contributed by atoms with van der Waals surface area (Å²) >= 11 is 0. The molecule has 1 aromatic rings. The topological polar surface area (TPSA) is 15.3 Å². The van der Waals surface area contributed by atoms with Crippen molar-refractivity contribution in [3.8, 4) is 0 Å². The summed E-state index contributed by atoms with van der Waals surface area (Å²) in [6, 6.07) is 12.2. The molecule has 1 heterocycles. The molecular formula is C19H32N2. The minimum absolute atomic E-state index is 0.600. The van der Waals surface area contributed by atoms with E-state index in [0.29, 0.717) is 6.04 Å². The van der Waals surface area contributed by atoms with Gasteiger partial charge in [0.25, 0.3) is 0 Å². The highest BCUT2D eigenvalue weighted by molar-refractivity contribution is 5.16. The van der Waals surface area contributed by atoms with E-state index in [2.05, 4.69) is 54.4 Å². The molecule has 1 fully saturated rings. The standard InChI is InChI=1S/C19H32N2/c1-3-4-5-9-14-21-16-19(20-13-12-17(21)2)15-18-10-7-6-8-11-18/h6-8,10-11,17,19-20H,3-5,9,12-16H2,1-2H3. The Hall–Kier alpha value is -0.860. The first kappa shape index (κ1) is 16.5. The predicted molar refractivity (Wildman–Crippen MR) is 91.7 cm³/mol. The molecule has 0 bridgehead atoms. The Kier molecular flexibility index (Phi) is 7.25. The fourth-order valence-electron chi connectivity index (χ4n) is 3.30. The van der Waals surface area contributed by atoms with Crippen LogP contribution in [0.4, 0.5) is 0 Å². The first-order valence-corrected chi connectivity index (χ1v) is 8.81. The van der Waals surface area contributed by atoms with E-state index >= 15 is 0 Å². The van der Waals surface area contributed by atoms with Crippen LogP contribution < -0.4 is 5.32 Å². The van der Waals surface area contributed by atoms with Crippen molar-refractivity contribution in [1.29, 1.82) is 0 Å². The molecule has 1 aromatic carbocycles. The summed E-state index contributed by atoms with van der Waals surface area (Å²) < 4.78 is 0. The van der Waals surface area contributed by atoms with Crippen LogP contribution in [0.15, 0.2) is 30.3 Å². The van der Waals surface area contributed by atoms with Gasteiger partial charge >= 0.3 is 0 Å². The maximum atomic E-state index is 3.75. The highest BCUT2D eigenvalue weighted by Gasteiger charge is 2.22. The van der Waals surface area contributed by atoms with Gasteiger partial charge in [-0.2, -0.15) is 0 Å². The van der Waals surface area contributed by atoms with Gasteiger partial charge in [0.05, 0.1) is 0 Å². The van der Waals surface area contributed by atoms with E-state index in [1.54, 1.807) is 0 Å². The van der Waals surface area contributed by atoms with Crippen LogP contribution in [0.25, 0.3) is 0 Å². The number of hydrogen-bond donors (Lipinski definition) is 1. The van der Waals surface area contributed by atoms with E-state index < -0.39 is 0 Å². The van der Waals surface area contributed by atoms with Crippen LogP contribution in [0.1, 0.15) is 51.5 Å². The second-order valence-electron chi connectivity index (χ2n) is 6.53. The molecular weight excluding hydrogens is 256 g/mol. The lowest BCUT2D eigenvalue weighted by molar-refractivity contribution is 0.200. The first-order chi connectivity index (χ1) is 10.3. The largest absolute Gasteiger partial charge is 0.312 e. The van der Waals surface area contributed by atoms with E-state index in [9.17, 15) is 0 Å². The Morgan fingerprint density at radius 2 is 1.95 bits per heavy atom. The van der Waals surface area contributed by atoms with Gasteiger partial charge in [-0.1, -0.05) is 56.5 Å². The molecule has 0 saturated carbocycles. The summed E-state index contributed by atoms with van der Waals surface area (Å²) in [5, 5.41) is 3.75.